The van der Waals surface area contributed by atoms with Crippen molar-refractivity contribution in [3.63, 3.8) is 0 Å². The highest BCUT2D eigenvalue weighted by atomic mass is 15.1. The second-order valence-corrected chi connectivity index (χ2v) is 6.64. The van der Waals surface area contributed by atoms with Crippen LogP contribution in [0.2, 0.25) is 0 Å². The van der Waals surface area contributed by atoms with E-state index in [1.54, 1.807) is 0 Å². The van der Waals surface area contributed by atoms with E-state index >= 15 is 0 Å². The number of fused-ring (bicyclic) bond motifs is 3. The smallest absolute Gasteiger partial charge is 0.114 e. The predicted molar refractivity (Wildman–Crippen MR) is 81.7 cm³/mol. The van der Waals surface area contributed by atoms with E-state index in [1.165, 1.54) is 36.2 Å². The molecule has 1 aromatic heterocycles. The molecule has 3 nitrogen and oxygen atoms in total. The van der Waals surface area contributed by atoms with E-state index in [2.05, 4.69) is 36.6 Å². The summed E-state index contributed by atoms with van der Waals surface area (Å²) in [5, 5.41) is 0. The van der Waals surface area contributed by atoms with Gasteiger partial charge in [-0.2, -0.15) is 0 Å². The summed E-state index contributed by atoms with van der Waals surface area (Å²) in [4.78, 5) is 4.98. The summed E-state index contributed by atoms with van der Waals surface area (Å²) in [5.74, 6) is 3.21. The van der Waals surface area contributed by atoms with Crippen molar-refractivity contribution in [3.05, 3.63) is 29.6 Å². The second kappa shape index (κ2) is 4.32. The van der Waals surface area contributed by atoms with Gasteiger partial charge in [0.15, 0.2) is 0 Å². The van der Waals surface area contributed by atoms with Crippen LogP contribution in [0, 0.1) is 18.8 Å². The highest BCUT2D eigenvalue weighted by Gasteiger charge is 2.48. The van der Waals surface area contributed by atoms with Gasteiger partial charge in [0, 0.05) is 18.5 Å². The minimum atomic E-state index is 0.317. The lowest BCUT2D eigenvalue weighted by molar-refractivity contribution is 0.347. The van der Waals surface area contributed by atoms with E-state index in [1.807, 2.05) is 0 Å². The van der Waals surface area contributed by atoms with Gasteiger partial charge >= 0.3 is 0 Å². The van der Waals surface area contributed by atoms with E-state index in [-0.39, 0.29) is 0 Å². The number of aromatic nitrogens is 2. The lowest BCUT2D eigenvalue weighted by Crippen LogP contribution is -2.35. The molecule has 0 aliphatic heterocycles. The molecule has 0 saturated heterocycles. The maximum Gasteiger partial charge on any atom is 0.114 e. The summed E-state index contributed by atoms with van der Waals surface area (Å²) in [6, 6.07) is 6.91. The summed E-state index contributed by atoms with van der Waals surface area (Å²) in [6.45, 7) is 5.33. The Balaban J connectivity index is 1.87. The van der Waals surface area contributed by atoms with Crippen LogP contribution in [0.5, 0.6) is 0 Å². The van der Waals surface area contributed by atoms with E-state index in [0.717, 1.165) is 23.9 Å². The average molecular weight is 269 g/mol. The van der Waals surface area contributed by atoms with Gasteiger partial charge in [-0.05, 0) is 62.6 Å². The van der Waals surface area contributed by atoms with Crippen molar-refractivity contribution in [3.8, 4) is 0 Å². The first-order valence-electron chi connectivity index (χ1n) is 7.91. The van der Waals surface area contributed by atoms with Crippen molar-refractivity contribution in [2.75, 3.05) is 0 Å². The van der Waals surface area contributed by atoms with E-state index in [9.17, 15) is 0 Å². The molecule has 106 valence electrons. The summed E-state index contributed by atoms with van der Waals surface area (Å²) in [7, 11) is 0. The Hall–Kier alpha value is -1.35. The van der Waals surface area contributed by atoms with Crippen LogP contribution in [0.25, 0.3) is 11.0 Å². The van der Waals surface area contributed by atoms with Crippen molar-refractivity contribution < 1.29 is 0 Å². The van der Waals surface area contributed by atoms with Crippen LogP contribution in [0.1, 0.15) is 43.5 Å². The zero-order valence-corrected chi connectivity index (χ0v) is 12.3. The molecular weight excluding hydrogens is 246 g/mol. The normalized spacial score (nSPS) is 32.4. The van der Waals surface area contributed by atoms with E-state index < -0.39 is 0 Å². The molecule has 2 saturated carbocycles. The first-order valence-corrected chi connectivity index (χ1v) is 7.91. The monoisotopic (exact) mass is 269 g/mol. The Morgan fingerprint density at radius 1 is 1.30 bits per heavy atom. The molecule has 0 amide bonds. The first-order chi connectivity index (χ1) is 9.69. The molecule has 20 heavy (non-hydrogen) atoms. The Morgan fingerprint density at radius 2 is 2.10 bits per heavy atom. The molecule has 2 aromatic rings. The van der Waals surface area contributed by atoms with Gasteiger partial charge in [-0.1, -0.05) is 6.07 Å². The molecule has 1 aromatic carbocycles. The number of benzene rings is 1. The fourth-order valence-corrected chi connectivity index (χ4v) is 4.56. The minimum absolute atomic E-state index is 0.317. The molecule has 2 aliphatic rings. The van der Waals surface area contributed by atoms with Crippen LogP contribution in [0.4, 0.5) is 0 Å². The third-order valence-electron chi connectivity index (χ3n) is 5.53. The number of aryl methyl sites for hydroxylation is 2. The molecule has 2 fully saturated rings. The lowest BCUT2D eigenvalue weighted by Gasteiger charge is -2.28. The molecular formula is C17H23N3. The van der Waals surface area contributed by atoms with Crippen molar-refractivity contribution in [2.24, 2.45) is 17.6 Å². The van der Waals surface area contributed by atoms with E-state index in [4.69, 9.17) is 10.7 Å². The van der Waals surface area contributed by atoms with Crippen molar-refractivity contribution in [2.45, 2.75) is 51.6 Å². The Bertz CT molecular complexity index is 656. The molecule has 1 heterocycles. The van der Waals surface area contributed by atoms with Crippen LogP contribution in [-0.2, 0) is 6.54 Å². The minimum Gasteiger partial charge on any atom is -0.328 e. The SMILES string of the molecule is CCn1c(C2C3CCC(C3)C2N)nc2cc(C)ccc21. The van der Waals surface area contributed by atoms with Gasteiger partial charge in [-0.3, -0.25) is 0 Å². The van der Waals surface area contributed by atoms with Gasteiger partial charge in [-0.15, -0.1) is 0 Å². The Kier molecular flexibility index (Phi) is 2.68. The summed E-state index contributed by atoms with van der Waals surface area (Å²) >= 11 is 0. The standard InChI is InChI=1S/C17H23N3/c1-3-20-14-7-4-10(2)8-13(14)19-17(20)15-11-5-6-12(9-11)16(15)18/h4,7-8,11-12,15-16H,3,5-6,9,18H2,1-2H3. The van der Waals surface area contributed by atoms with Crippen molar-refractivity contribution in [1.82, 2.24) is 9.55 Å². The second-order valence-electron chi connectivity index (χ2n) is 6.64. The number of nitrogens with two attached hydrogens (primary N) is 1. The molecule has 2 N–H and O–H groups in total. The molecule has 4 unspecified atom stereocenters. The van der Waals surface area contributed by atoms with Gasteiger partial charge in [0.05, 0.1) is 11.0 Å². The van der Waals surface area contributed by atoms with Crippen LogP contribution >= 0.6 is 0 Å². The number of imidazole rings is 1. The fourth-order valence-electron chi connectivity index (χ4n) is 4.56. The van der Waals surface area contributed by atoms with Gasteiger partial charge < -0.3 is 10.3 Å². The molecule has 0 spiro atoms. The third-order valence-corrected chi connectivity index (χ3v) is 5.53. The highest BCUT2D eigenvalue weighted by Crippen LogP contribution is 2.52. The van der Waals surface area contributed by atoms with Crippen LogP contribution < -0.4 is 5.73 Å². The Labute approximate surface area is 120 Å². The molecule has 0 radical (unpaired) electrons. The maximum absolute atomic E-state index is 6.52. The molecule has 2 aliphatic carbocycles. The predicted octanol–water partition coefficient (Wildman–Crippen LogP) is 3.21. The Morgan fingerprint density at radius 3 is 2.80 bits per heavy atom. The third kappa shape index (κ3) is 1.59. The quantitative estimate of drug-likeness (QED) is 0.909. The van der Waals surface area contributed by atoms with Gasteiger partial charge in [0.1, 0.15) is 5.82 Å². The zero-order chi connectivity index (χ0) is 13.9. The largest absolute Gasteiger partial charge is 0.328 e. The van der Waals surface area contributed by atoms with E-state index in [0.29, 0.717) is 12.0 Å². The summed E-state index contributed by atoms with van der Waals surface area (Å²) in [5.41, 5.74) is 10.2. The number of hydrogen-bond acceptors (Lipinski definition) is 2. The number of hydrogen-bond donors (Lipinski definition) is 1. The summed E-state index contributed by atoms with van der Waals surface area (Å²) < 4.78 is 2.39. The highest BCUT2D eigenvalue weighted by molar-refractivity contribution is 5.77. The fraction of sp³-hybridized carbons (Fsp3) is 0.588. The molecule has 4 atom stereocenters. The van der Waals surface area contributed by atoms with Gasteiger partial charge in [0.25, 0.3) is 0 Å². The van der Waals surface area contributed by atoms with Crippen LogP contribution in [0.15, 0.2) is 18.2 Å². The lowest BCUT2D eigenvalue weighted by atomic mass is 9.84. The van der Waals surface area contributed by atoms with Gasteiger partial charge in [-0.25, -0.2) is 4.98 Å². The van der Waals surface area contributed by atoms with Crippen LogP contribution in [0.3, 0.4) is 0 Å². The van der Waals surface area contributed by atoms with Gasteiger partial charge in [0.2, 0.25) is 0 Å². The molecule has 3 heteroatoms. The first kappa shape index (κ1) is 12.4. The summed E-state index contributed by atoms with van der Waals surface area (Å²) in [6.07, 6.45) is 3.99. The molecule has 2 bridgehead atoms. The van der Waals surface area contributed by atoms with Crippen molar-refractivity contribution >= 4 is 11.0 Å². The number of rotatable bonds is 2. The van der Waals surface area contributed by atoms with Crippen molar-refractivity contribution in [1.29, 1.82) is 0 Å². The zero-order valence-electron chi connectivity index (χ0n) is 12.3. The average Bonchev–Trinajstić information content (AvgIpc) is 3.09. The number of nitrogens with zero attached hydrogens (tertiary/aromatic N) is 2. The maximum atomic E-state index is 6.52. The topological polar surface area (TPSA) is 43.8 Å². The van der Waals surface area contributed by atoms with Crippen LogP contribution in [-0.4, -0.2) is 15.6 Å². The molecule has 4 rings (SSSR count).